The second-order valence-corrected chi connectivity index (χ2v) is 9.69. The van der Waals surface area contributed by atoms with Crippen molar-refractivity contribution in [2.24, 2.45) is 0 Å². The Bertz CT molecular complexity index is 1300. The van der Waals surface area contributed by atoms with Crippen LogP contribution in [0.2, 0.25) is 10.0 Å². The molecule has 31 heavy (non-hydrogen) atoms. The zero-order valence-electron chi connectivity index (χ0n) is 16.5. The van der Waals surface area contributed by atoms with Crippen LogP contribution in [0.15, 0.2) is 87.1 Å². The predicted molar refractivity (Wildman–Crippen MR) is 122 cm³/mol. The van der Waals surface area contributed by atoms with Gasteiger partial charge in [-0.25, -0.2) is 8.42 Å². The molecule has 0 saturated carbocycles. The van der Waals surface area contributed by atoms with Crippen molar-refractivity contribution in [1.29, 1.82) is 0 Å². The largest absolute Gasteiger partial charge is 0.419 e. The molecule has 0 unspecified atom stereocenters. The maximum Gasteiger partial charge on any atom is 0.234 e. The van der Waals surface area contributed by atoms with Crippen LogP contribution in [0.25, 0.3) is 11.5 Å². The Morgan fingerprint density at radius 1 is 0.871 bits per heavy atom. The number of benzene rings is 3. The summed E-state index contributed by atoms with van der Waals surface area (Å²) < 4.78 is 32.4. The van der Waals surface area contributed by atoms with Gasteiger partial charge < -0.3 is 9.73 Å². The number of nitrogens with one attached hydrogen (secondary N) is 1. The Kier molecular flexibility index (Phi) is 6.05. The number of sulfone groups is 1. The van der Waals surface area contributed by atoms with Gasteiger partial charge in [-0.2, -0.15) is 4.98 Å². The van der Waals surface area contributed by atoms with E-state index in [9.17, 15) is 8.42 Å². The highest BCUT2D eigenvalue weighted by Crippen LogP contribution is 2.33. The second kappa shape index (κ2) is 8.75. The van der Waals surface area contributed by atoms with E-state index in [1.165, 1.54) is 24.3 Å². The highest BCUT2D eigenvalue weighted by atomic mass is 35.5. The van der Waals surface area contributed by atoms with Gasteiger partial charge in [0.25, 0.3) is 0 Å². The van der Waals surface area contributed by atoms with Gasteiger partial charge in [-0.3, -0.25) is 0 Å². The molecule has 158 valence electrons. The van der Waals surface area contributed by atoms with Gasteiger partial charge >= 0.3 is 0 Å². The lowest BCUT2D eigenvalue weighted by atomic mass is 10.1. The van der Waals surface area contributed by atoms with Crippen molar-refractivity contribution >= 4 is 38.9 Å². The van der Waals surface area contributed by atoms with Crippen LogP contribution in [-0.2, 0) is 16.4 Å². The quantitative estimate of drug-likeness (QED) is 0.351. The van der Waals surface area contributed by atoms with Crippen LogP contribution in [0.4, 0.5) is 5.88 Å². The van der Waals surface area contributed by atoms with Gasteiger partial charge in [0.1, 0.15) is 0 Å². The zero-order valence-corrected chi connectivity index (χ0v) is 18.8. The fourth-order valence-electron chi connectivity index (χ4n) is 2.93. The Morgan fingerprint density at radius 2 is 1.45 bits per heavy atom. The number of anilines is 1. The monoisotopic (exact) mass is 472 g/mol. The van der Waals surface area contributed by atoms with E-state index >= 15 is 0 Å². The number of nitrogens with zero attached hydrogens (tertiary/aromatic N) is 1. The molecule has 0 bridgehead atoms. The maximum atomic E-state index is 13.3. The summed E-state index contributed by atoms with van der Waals surface area (Å²) in [7, 11) is -3.94. The average Bonchev–Trinajstić information content (AvgIpc) is 3.19. The minimum atomic E-state index is -3.94. The molecular weight excluding hydrogens is 455 g/mol. The van der Waals surface area contributed by atoms with Crippen LogP contribution in [0.1, 0.15) is 11.1 Å². The van der Waals surface area contributed by atoms with E-state index in [1.807, 2.05) is 31.2 Å². The minimum Gasteiger partial charge on any atom is -0.419 e. The molecule has 1 aromatic heterocycles. The first-order valence-corrected chi connectivity index (χ1v) is 11.6. The van der Waals surface area contributed by atoms with Crippen LogP contribution in [0, 0.1) is 6.92 Å². The number of hydrogen-bond acceptors (Lipinski definition) is 5. The molecule has 8 heteroatoms. The topological polar surface area (TPSA) is 72.2 Å². The molecule has 0 spiro atoms. The lowest BCUT2D eigenvalue weighted by Crippen LogP contribution is -2.07. The molecule has 0 amide bonds. The van der Waals surface area contributed by atoms with Gasteiger partial charge in [-0.1, -0.05) is 53.0 Å². The maximum absolute atomic E-state index is 13.3. The van der Waals surface area contributed by atoms with E-state index in [1.54, 1.807) is 24.3 Å². The summed E-state index contributed by atoms with van der Waals surface area (Å²) in [5.74, 6) is 0.246. The molecule has 4 rings (SSSR count). The van der Waals surface area contributed by atoms with Crippen molar-refractivity contribution in [3.63, 3.8) is 0 Å². The molecule has 1 heterocycles. The lowest BCUT2D eigenvalue weighted by molar-refractivity contribution is 0.576. The molecule has 3 aromatic carbocycles. The van der Waals surface area contributed by atoms with E-state index in [-0.39, 0.29) is 21.7 Å². The average molecular weight is 473 g/mol. The summed E-state index contributed by atoms with van der Waals surface area (Å²) in [5, 5.41) is 3.89. The van der Waals surface area contributed by atoms with Crippen LogP contribution in [-0.4, -0.2) is 13.4 Å². The Morgan fingerprint density at radius 3 is 2.06 bits per heavy atom. The number of oxazole rings is 1. The van der Waals surface area contributed by atoms with E-state index in [0.717, 1.165) is 11.1 Å². The fraction of sp³-hybridized carbons (Fsp3) is 0.0870. The Labute approximate surface area is 190 Å². The highest BCUT2D eigenvalue weighted by Gasteiger charge is 2.28. The molecule has 0 aliphatic rings. The number of aryl methyl sites for hydroxylation is 1. The standard InChI is InChI=1S/C23H18Cl2N2O3S/c1-15-2-4-16(5-3-15)14-26-22-23(31(28,29)20-12-10-19(25)11-13-20)27-21(30-22)17-6-8-18(24)9-7-17/h2-13,26H,14H2,1H3. The Hall–Kier alpha value is -2.80. The van der Waals surface area contributed by atoms with Crippen LogP contribution < -0.4 is 5.32 Å². The molecule has 4 aromatic rings. The zero-order chi connectivity index (χ0) is 22.0. The van der Waals surface area contributed by atoms with E-state index < -0.39 is 9.84 Å². The molecule has 0 atom stereocenters. The molecule has 0 aliphatic carbocycles. The van der Waals surface area contributed by atoms with Gasteiger partial charge in [0.15, 0.2) is 0 Å². The summed E-state index contributed by atoms with van der Waals surface area (Å²) >= 11 is 11.9. The molecule has 0 fully saturated rings. The van der Waals surface area contributed by atoms with Crippen molar-refractivity contribution in [1.82, 2.24) is 4.98 Å². The van der Waals surface area contributed by atoms with Crippen molar-refractivity contribution in [2.45, 2.75) is 23.4 Å². The summed E-state index contributed by atoms with van der Waals surface area (Å²) in [6, 6.07) is 20.6. The first-order valence-electron chi connectivity index (χ1n) is 9.40. The van der Waals surface area contributed by atoms with E-state index in [2.05, 4.69) is 10.3 Å². The van der Waals surface area contributed by atoms with Crippen molar-refractivity contribution in [2.75, 3.05) is 5.32 Å². The number of halogens is 2. The number of hydrogen-bond donors (Lipinski definition) is 1. The smallest absolute Gasteiger partial charge is 0.234 e. The number of aromatic nitrogens is 1. The molecule has 0 saturated heterocycles. The second-order valence-electron chi connectivity index (χ2n) is 6.96. The molecule has 0 radical (unpaired) electrons. The minimum absolute atomic E-state index is 0.0699. The first kappa shape index (κ1) is 21.4. The Balaban J connectivity index is 1.74. The van der Waals surface area contributed by atoms with Crippen molar-refractivity contribution in [3.8, 4) is 11.5 Å². The van der Waals surface area contributed by atoms with Crippen LogP contribution >= 0.6 is 23.2 Å². The molecule has 1 N–H and O–H groups in total. The molecule has 0 aliphatic heterocycles. The SMILES string of the molecule is Cc1ccc(CNc2oc(-c3ccc(Cl)cc3)nc2S(=O)(=O)c2ccc(Cl)cc2)cc1. The summed E-state index contributed by atoms with van der Waals surface area (Å²) in [6.07, 6.45) is 0. The summed E-state index contributed by atoms with van der Waals surface area (Å²) in [6.45, 7) is 2.38. The lowest BCUT2D eigenvalue weighted by Gasteiger charge is -2.07. The third-order valence-electron chi connectivity index (χ3n) is 4.64. The fourth-order valence-corrected chi connectivity index (χ4v) is 4.46. The van der Waals surface area contributed by atoms with Gasteiger partial charge in [0.2, 0.25) is 26.6 Å². The normalized spacial score (nSPS) is 11.5. The van der Waals surface area contributed by atoms with Crippen LogP contribution in [0.5, 0.6) is 0 Å². The predicted octanol–water partition coefficient (Wildman–Crippen LogP) is 6.40. The van der Waals surface area contributed by atoms with Crippen molar-refractivity contribution < 1.29 is 12.8 Å². The highest BCUT2D eigenvalue weighted by molar-refractivity contribution is 7.91. The van der Waals surface area contributed by atoms with Gasteiger partial charge in [0.05, 0.1) is 4.90 Å². The van der Waals surface area contributed by atoms with Crippen LogP contribution in [0.3, 0.4) is 0 Å². The van der Waals surface area contributed by atoms with Gasteiger partial charge in [-0.15, -0.1) is 0 Å². The first-order chi connectivity index (χ1) is 14.8. The third-order valence-corrected chi connectivity index (χ3v) is 6.82. The van der Waals surface area contributed by atoms with E-state index in [0.29, 0.717) is 22.2 Å². The van der Waals surface area contributed by atoms with Crippen molar-refractivity contribution in [3.05, 3.63) is 94.0 Å². The van der Waals surface area contributed by atoms with Gasteiger partial charge in [0, 0.05) is 22.2 Å². The molecule has 5 nitrogen and oxygen atoms in total. The number of rotatable bonds is 6. The summed E-state index contributed by atoms with van der Waals surface area (Å²) in [4.78, 5) is 4.39. The third kappa shape index (κ3) is 4.77. The van der Waals surface area contributed by atoms with E-state index in [4.69, 9.17) is 27.6 Å². The molecular formula is C23H18Cl2N2O3S. The summed E-state index contributed by atoms with van der Waals surface area (Å²) in [5.41, 5.74) is 2.73. The van der Waals surface area contributed by atoms with Gasteiger partial charge in [-0.05, 0) is 61.0 Å².